The number of anilines is 1. The molecule has 0 aliphatic carbocycles. The summed E-state index contributed by atoms with van der Waals surface area (Å²) in [7, 11) is 0. The summed E-state index contributed by atoms with van der Waals surface area (Å²) < 4.78 is 2.24. The van der Waals surface area contributed by atoms with E-state index in [1.54, 1.807) is 0 Å². The third-order valence-electron chi connectivity index (χ3n) is 5.50. The first-order chi connectivity index (χ1) is 13.9. The zero-order chi connectivity index (χ0) is 18.8. The number of benzene rings is 1. The summed E-state index contributed by atoms with van der Waals surface area (Å²) >= 11 is 0. The van der Waals surface area contributed by atoms with Crippen LogP contribution in [0.25, 0.3) is 10.9 Å². The molecule has 0 bridgehead atoms. The molecular weight excluding hydrogens is 346 g/mol. The zero-order valence-electron chi connectivity index (χ0n) is 15.8. The molecule has 1 aromatic carbocycles. The molecule has 0 spiro atoms. The molecule has 0 amide bonds. The molecule has 1 fully saturated rings. The van der Waals surface area contributed by atoms with Crippen molar-refractivity contribution in [2.75, 3.05) is 18.0 Å². The summed E-state index contributed by atoms with van der Waals surface area (Å²) in [5.74, 6) is 2.61. The summed E-state index contributed by atoms with van der Waals surface area (Å²) in [6, 6.07) is 18.7. The Morgan fingerprint density at radius 3 is 2.79 bits per heavy atom. The summed E-state index contributed by atoms with van der Waals surface area (Å²) in [5, 5.41) is 1.19. The minimum atomic E-state index is 0.403. The maximum atomic E-state index is 4.89. The zero-order valence-corrected chi connectivity index (χ0v) is 15.8. The molecule has 140 valence electrons. The number of hydrogen-bond acceptors (Lipinski definition) is 4. The van der Waals surface area contributed by atoms with Gasteiger partial charge < -0.3 is 9.47 Å². The van der Waals surface area contributed by atoms with Crippen molar-refractivity contribution in [3.05, 3.63) is 84.7 Å². The van der Waals surface area contributed by atoms with Gasteiger partial charge in [0.25, 0.3) is 0 Å². The number of hydrogen-bond donors (Lipinski definition) is 0. The topological polar surface area (TPSA) is 46.8 Å². The maximum absolute atomic E-state index is 4.89. The van der Waals surface area contributed by atoms with Gasteiger partial charge in [0.05, 0.1) is 17.8 Å². The van der Waals surface area contributed by atoms with E-state index < -0.39 is 0 Å². The molecule has 28 heavy (non-hydrogen) atoms. The molecule has 0 unspecified atom stereocenters. The van der Waals surface area contributed by atoms with Gasteiger partial charge in [0.15, 0.2) is 0 Å². The lowest BCUT2D eigenvalue weighted by molar-refractivity contribution is 0.473. The van der Waals surface area contributed by atoms with Crippen LogP contribution in [0.3, 0.4) is 0 Å². The van der Waals surface area contributed by atoms with Crippen molar-refractivity contribution in [2.45, 2.75) is 25.3 Å². The highest BCUT2D eigenvalue weighted by atomic mass is 15.2. The number of pyridine rings is 2. The quantitative estimate of drug-likeness (QED) is 0.539. The van der Waals surface area contributed by atoms with E-state index in [0.717, 1.165) is 55.3 Å². The molecule has 1 aliphatic heterocycles. The molecule has 3 aromatic heterocycles. The van der Waals surface area contributed by atoms with Gasteiger partial charge in [-0.25, -0.2) is 9.97 Å². The minimum absolute atomic E-state index is 0.403. The molecule has 0 N–H and O–H groups in total. The Kier molecular flexibility index (Phi) is 4.49. The normalized spacial score (nSPS) is 17.1. The lowest BCUT2D eigenvalue weighted by Gasteiger charge is -2.33. The van der Waals surface area contributed by atoms with Crippen LogP contribution in [0.4, 0.5) is 5.82 Å². The minimum Gasteiger partial charge on any atom is -0.356 e. The van der Waals surface area contributed by atoms with E-state index in [9.17, 15) is 0 Å². The molecule has 5 nitrogen and oxygen atoms in total. The maximum Gasteiger partial charge on any atom is 0.129 e. The molecule has 1 saturated heterocycles. The van der Waals surface area contributed by atoms with Crippen LogP contribution < -0.4 is 4.90 Å². The van der Waals surface area contributed by atoms with E-state index in [1.165, 1.54) is 5.39 Å². The predicted octanol–water partition coefficient (Wildman–Crippen LogP) is 4.26. The highest BCUT2D eigenvalue weighted by Gasteiger charge is 2.25. The van der Waals surface area contributed by atoms with E-state index >= 15 is 0 Å². The summed E-state index contributed by atoms with van der Waals surface area (Å²) in [6.45, 7) is 2.76. The summed E-state index contributed by atoms with van der Waals surface area (Å²) in [4.78, 5) is 16.5. The molecule has 5 rings (SSSR count). The summed E-state index contributed by atoms with van der Waals surface area (Å²) in [5.41, 5.74) is 2.12. The van der Waals surface area contributed by atoms with Crippen molar-refractivity contribution in [3.63, 3.8) is 0 Å². The standard InChI is InChI=1S/C23H23N5/c1-2-9-21-18(6-1)10-11-22(26-21)27-14-5-7-19(16-27)23-25-13-15-28(23)17-20-8-3-4-12-24-20/h1-4,6,8-13,15,19H,5,7,14,16-17H2/t19-/m1/s1. The van der Waals surface area contributed by atoms with E-state index in [1.807, 2.05) is 30.6 Å². The van der Waals surface area contributed by atoms with Crippen LogP contribution in [0.2, 0.25) is 0 Å². The third-order valence-corrected chi connectivity index (χ3v) is 5.50. The first-order valence-electron chi connectivity index (χ1n) is 9.88. The molecule has 4 aromatic rings. The van der Waals surface area contributed by atoms with Gasteiger partial charge in [0.2, 0.25) is 0 Å². The van der Waals surface area contributed by atoms with Crippen LogP contribution in [-0.4, -0.2) is 32.6 Å². The van der Waals surface area contributed by atoms with Crippen LogP contribution in [-0.2, 0) is 6.54 Å². The average Bonchev–Trinajstić information content (AvgIpc) is 3.22. The number of aromatic nitrogens is 4. The average molecular weight is 369 g/mol. The van der Waals surface area contributed by atoms with Crippen molar-refractivity contribution >= 4 is 16.7 Å². The number of fused-ring (bicyclic) bond motifs is 1. The smallest absolute Gasteiger partial charge is 0.129 e. The van der Waals surface area contributed by atoms with E-state index in [2.05, 4.69) is 57.0 Å². The first kappa shape index (κ1) is 16.9. The second-order valence-electron chi connectivity index (χ2n) is 7.38. The van der Waals surface area contributed by atoms with Gasteiger partial charge in [-0.05, 0) is 43.2 Å². The van der Waals surface area contributed by atoms with Crippen LogP contribution >= 0.6 is 0 Å². The molecule has 0 radical (unpaired) electrons. The van der Waals surface area contributed by atoms with E-state index in [0.29, 0.717) is 5.92 Å². The van der Waals surface area contributed by atoms with Gasteiger partial charge in [0.1, 0.15) is 11.6 Å². The fraction of sp³-hybridized carbons (Fsp3) is 0.261. The molecule has 0 saturated carbocycles. The Morgan fingerprint density at radius 2 is 1.86 bits per heavy atom. The van der Waals surface area contributed by atoms with Gasteiger partial charge in [-0.3, -0.25) is 4.98 Å². The number of imidazole rings is 1. The third kappa shape index (κ3) is 3.36. The molecule has 4 heterocycles. The Morgan fingerprint density at radius 1 is 0.929 bits per heavy atom. The SMILES string of the molecule is c1ccc(Cn2ccnc2[C@@H]2CCCN(c3ccc4ccccc4n3)C2)nc1. The monoisotopic (exact) mass is 369 g/mol. The Bertz CT molecular complexity index is 1070. The van der Waals surface area contributed by atoms with E-state index in [-0.39, 0.29) is 0 Å². The van der Waals surface area contributed by atoms with Crippen molar-refractivity contribution < 1.29 is 0 Å². The predicted molar refractivity (Wildman–Crippen MR) is 111 cm³/mol. The Labute approximate surface area is 164 Å². The lowest BCUT2D eigenvalue weighted by Crippen LogP contribution is -2.36. The fourth-order valence-corrected chi connectivity index (χ4v) is 4.11. The van der Waals surface area contributed by atoms with Crippen molar-refractivity contribution in [3.8, 4) is 0 Å². The Hall–Kier alpha value is -3.21. The fourth-order valence-electron chi connectivity index (χ4n) is 4.11. The molecule has 5 heteroatoms. The van der Waals surface area contributed by atoms with Gasteiger partial charge >= 0.3 is 0 Å². The number of para-hydroxylation sites is 1. The Balaban J connectivity index is 1.38. The van der Waals surface area contributed by atoms with Crippen LogP contribution in [0.5, 0.6) is 0 Å². The number of piperidine rings is 1. The largest absolute Gasteiger partial charge is 0.356 e. The highest BCUT2D eigenvalue weighted by molar-refractivity contribution is 5.80. The van der Waals surface area contributed by atoms with Gasteiger partial charge in [-0.2, -0.15) is 0 Å². The summed E-state index contributed by atoms with van der Waals surface area (Å²) in [6.07, 6.45) is 8.13. The van der Waals surface area contributed by atoms with Crippen LogP contribution in [0.1, 0.15) is 30.3 Å². The van der Waals surface area contributed by atoms with Gasteiger partial charge in [-0.15, -0.1) is 0 Å². The second kappa shape index (κ2) is 7.43. The highest BCUT2D eigenvalue weighted by Crippen LogP contribution is 2.29. The molecular formula is C23H23N5. The van der Waals surface area contributed by atoms with Crippen LogP contribution in [0.15, 0.2) is 73.2 Å². The van der Waals surface area contributed by atoms with Crippen molar-refractivity contribution in [1.82, 2.24) is 19.5 Å². The lowest BCUT2D eigenvalue weighted by atomic mass is 9.97. The van der Waals surface area contributed by atoms with Gasteiger partial charge in [0, 0.05) is 43.0 Å². The molecule has 1 atom stereocenters. The molecule has 1 aliphatic rings. The van der Waals surface area contributed by atoms with Gasteiger partial charge in [-0.1, -0.05) is 24.3 Å². The number of rotatable bonds is 4. The van der Waals surface area contributed by atoms with Crippen molar-refractivity contribution in [2.24, 2.45) is 0 Å². The first-order valence-corrected chi connectivity index (χ1v) is 9.88. The van der Waals surface area contributed by atoms with Crippen molar-refractivity contribution in [1.29, 1.82) is 0 Å². The van der Waals surface area contributed by atoms with E-state index in [4.69, 9.17) is 9.97 Å². The van der Waals surface area contributed by atoms with Crippen LogP contribution in [0, 0.1) is 0 Å². The second-order valence-corrected chi connectivity index (χ2v) is 7.38. The number of nitrogens with zero attached hydrogens (tertiary/aromatic N) is 5.